The first-order valence-electron chi connectivity index (χ1n) is 4.23. The summed E-state index contributed by atoms with van der Waals surface area (Å²) in [5.41, 5.74) is 1.24. The minimum absolute atomic E-state index is 0.123. The zero-order valence-electron chi connectivity index (χ0n) is 7.29. The van der Waals surface area contributed by atoms with Crippen LogP contribution in [-0.2, 0) is 6.42 Å². The topological polar surface area (TPSA) is 74.4 Å². The van der Waals surface area contributed by atoms with Gasteiger partial charge in [0.1, 0.15) is 5.39 Å². The van der Waals surface area contributed by atoms with Crippen molar-refractivity contribution in [1.82, 2.24) is 20.2 Å². The highest BCUT2D eigenvalue weighted by Crippen LogP contribution is 2.08. The fourth-order valence-electron chi connectivity index (χ4n) is 1.35. The quantitative estimate of drug-likeness (QED) is 0.707. The lowest BCUT2D eigenvalue weighted by molar-refractivity contribution is 0.872. The van der Waals surface area contributed by atoms with E-state index < -0.39 is 0 Å². The number of aromatic amines is 2. The van der Waals surface area contributed by atoms with Gasteiger partial charge < -0.3 is 4.98 Å². The van der Waals surface area contributed by atoms with E-state index in [9.17, 15) is 4.79 Å². The van der Waals surface area contributed by atoms with E-state index in [1.807, 2.05) is 0 Å². The second kappa shape index (κ2) is 3.01. The molecule has 5 nitrogen and oxygen atoms in total. The van der Waals surface area contributed by atoms with Crippen molar-refractivity contribution in [1.29, 1.82) is 0 Å². The SMILES string of the molecule is CCCc1[nH]nc2nc[nH]c(=O)c12. The van der Waals surface area contributed by atoms with Gasteiger partial charge in [-0.1, -0.05) is 13.3 Å². The highest BCUT2D eigenvalue weighted by molar-refractivity contribution is 5.75. The molecule has 0 aromatic carbocycles. The summed E-state index contributed by atoms with van der Waals surface area (Å²) in [5.74, 6) is 0. The molecule has 0 saturated heterocycles. The molecule has 0 atom stereocenters. The standard InChI is InChI=1S/C8H10N4O/c1-2-3-5-6-7(12-11-5)9-4-10-8(6)13/h4H,2-3H2,1H3,(H2,9,10,11,12,13). The Bertz CT molecular complexity index is 470. The van der Waals surface area contributed by atoms with Crippen LogP contribution in [0.4, 0.5) is 0 Å². The van der Waals surface area contributed by atoms with E-state index in [-0.39, 0.29) is 5.56 Å². The Kier molecular flexibility index (Phi) is 1.84. The minimum Gasteiger partial charge on any atom is -0.312 e. The molecule has 0 aliphatic carbocycles. The van der Waals surface area contributed by atoms with E-state index in [0.717, 1.165) is 18.5 Å². The van der Waals surface area contributed by atoms with E-state index in [2.05, 4.69) is 27.1 Å². The Balaban J connectivity index is 2.71. The van der Waals surface area contributed by atoms with Crippen molar-refractivity contribution in [2.24, 2.45) is 0 Å². The van der Waals surface area contributed by atoms with Crippen LogP contribution in [0.25, 0.3) is 11.0 Å². The molecule has 68 valence electrons. The van der Waals surface area contributed by atoms with E-state index in [1.54, 1.807) is 0 Å². The number of nitrogens with one attached hydrogen (secondary N) is 2. The lowest BCUT2D eigenvalue weighted by atomic mass is 10.2. The maximum Gasteiger partial charge on any atom is 0.262 e. The third kappa shape index (κ3) is 1.22. The Morgan fingerprint density at radius 3 is 3.15 bits per heavy atom. The number of nitrogens with zero attached hydrogens (tertiary/aromatic N) is 2. The van der Waals surface area contributed by atoms with Crippen LogP contribution in [0, 0.1) is 0 Å². The van der Waals surface area contributed by atoms with Crippen LogP contribution in [0.15, 0.2) is 11.1 Å². The average molecular weight is 178 g/mol. The largest absolute Gasteiger partial charge is 0.312 e. The van der Waals surface area contributed by atoms with Crippen LogP contribution in [-0.4, -0.2) is 20.2 Å². The van der Waals surface area contributed by atoms with Crippen LogP contribution in [0.5, 0.6) is 0 Å². The van der Waals surface area contributed by atoms with E-state index >= 15 is 0 Å². The average Bonchev–Trinajstić information content (AvgIpc) is 2.51. The molecule has 2 aromatic heterocycles. The van der Waals surface area contributed by atoms with Gasteiger partial charge in [-0.3, -0.25) is 9.89 Å². The van der Waals surface area contributed by atoms with Gasteiger partial charge in [-0.15, -0.1) is 0 Å². The van der Waals surface area contributed by atoms with Crippen molar-refractivity contribution in [2.45, 2.75) is 19.8 Å². The van der Waals surface area contributed by atoms with Crippen molar-refractivity contribution < 1.29 is 0 Å². The molecular formula is C8H10N4O. The molecule has 5 heteroatoms. The number of H-pyrrole nitrogens is 2. The van der Waals surface area contributed by atoms with Crippen LogP contribution >= 0.6 is 0 Å². The van der Waals surface area contributed by atoms with Crippen molar-refractivity contribution in [3.63, 3.8) is 0 Å². The smallest absolute Gasteiger partial charge is 0.262 e. The van der Waals surface area contributed by atoms with Crippen molar-refractivity contribution >= 4 is 11.0 Å². The lowest BCUT2D eigenvalue weighted by Gasteiger charge is -1.91. The van der Waals surface area contributed by atoms with Gasteiger partial charge in [-0.05, 0) is 6.42 Å². The number of hydrogen-bond acceptors (Lipinski definition) is 3. The molecule has 0 saturated carbocycles. The first-order valence-corrected chi connectivity index (χ1v) is 4.23. The second-order valence-corrected chi connectivity index (χ2v) is 2.88. The number of aromatic nitrogens is 4. The summed E-state index contributed by atoms with van der Waals surface area (Å²) >= 11 is 0. The highest BCUT2D eigenvalue weighted by atomic mass is 16.1. The van der Waals surface area contributed by atoms with Gasteiger partial charge in [0.05, 0.1) is 12.0 Å². The molecule has 0 spiro atoms. The molecule has 0 radical (unpaired) electrons. The van der Waals surface area contributed by atoms with Crippen molar-refractivity contribution in [3.05, 3.63) is 22.4 Å². The predicted octanol–water partition coefficient (Wildman–Crippen LogP) is 0.599. The molecule has 0 aliphatic rings. The summed E-state index contributed by atoms with van der Waals surface area (Å²) in [6.45, 7) is 2.05. The second-order valence-electron chi connectivity index (χ2n) is 2.88. The van der Waals surface area contributed by atoms with Gasteiger partial charge >= 0.3 is 0 Å². The summed E-state index contributed by atoms with van der Waals surface area (Å²) < 4.78 is 0. The molecule has 0 bridgehead atoms. The number of aryl methyl sites for hydroxylation is 1. The molecular weight excluding hydrogens is 168 g/mol. The molecule has 0 fully saturated rings. The fraction of sp³-hybridized carbons (Fsp3) is 0.375. The van der Waals surface area contributed by atoms with Crippen molar-refractivity contribution in [3.8, 4) is 0 Å². The summed E-state index contributed by atoms with van der Waals surface area (Å²) in [5, 5.41) is 7.35. The summed E-state index contributed by atoms with van der Waals surface area (Å²) in [7, 11) is 0. The Hall–Kier alpha value is -1.65. The van der Waals surface area contributed by atoms with Gasteiger partial charge in [0, 0.05) is 0 Å². The van der Waals surface area contributed by atoms with E-state index in [4.69, 9.17) is 0 Å². The van der Waals surface area contributed by atoms with E-state index in [0.29, 0.717) is 11.0 Å². The number of rotatable bonds is 2. The van der Waals surface area contributed by atoms with Gasteiger partial charge in [-0.2, -0.15) is 5.10 Å². The van der Waals surface area contributed by atoms with Gasteiger partial charge in [0.2, 0.25) is 0 Å². The Labute approximate surface area is 74.2 Å². The maximum atomic E-state index is 11.4. The number of fused-ring (bicyclic) bond motifs is 1. The molecule has 0 unspecified atom stereocenters. The third-order valence-electron chi connectivity index (χ3n) is 1.93. The van der Waals surface area contributed by atoms with Gasteiger partial charge in [0.15, 0.2) is 5.65 Å². The van der Waals surface area contributed by atoms with Crippen LogP contribution < -0.4 is 5.56 Å². The molecule has 2 heterocycles. The molecule has 0 aliphatic heterocycles. The normalized spacial score (nSPS) is 10.8. The van der Waals surface area contributed by atoms with Crippen molar-refractivity contribution in [2.75, 3.05) is 0 Å². The molecule has 13 heavy (non-hydrogen) atoms. The third-order valence-corrected chi connectivity index (χ3v) is 1.93. The molecule has 2 rings (SSSR count). The Morgan fingerprint density at radius 1 is 1.54 bits per heavy atom. The molecule has 2 N–H and O–H groups in total. The van der Waals surface area contributed by atoms with Gasteiger partial charge in [-0.25, -0.2) is 4.98 Å². The van der Waals surface area contributed by atoms with Crippen LogP contribution in [0.3, 0.4) is 0 Å². The predicted molar refractivity (Wildman–Crippen MR) is 48.5 cm³/mol. The minimum atomic E-state index is -0.123. The highest BCUT2D eigenvalue weighted by Gasteiger charge is 2.08. The monoisotopic (exact) mass is 178 g/mol. The zero-order valence-corrected chi connectivity index (χ0v) is 7.29. The summed E-state index contributed by atoms with van der Waals surface area (Å²) in [6, 6.07) is 0. The summed E-state index contributed by atoms with van der Waals surface area (Å²) in [6.07, 6.45) is 3.16. The first kappa shape index (κ1) is 7.97. The van der Waals surface area contributed by atoms with E-state index in [1.165, 1.54) is 6.33 Å². The van der Waals surface area contributed by atoms with Crippen LogP contribution in [0.2, 0.25) is 0 Å². The molecule has 0 amide bonds. The maximum absolute atomic E-state index is 11.4. The van der Waals surface area contributed by atoms with Gasteiger partial charge in [0.25, 0.3) is 5.56 Å². The number of hydrogen-bond donors (Lipinski definition) is 2. The Morgan fingerprint density at radius 2 is 2.38 bits per heavy atom. The lowest BCUT2D eigenvalue weighted by Crippen LogP contribution is -2.06. The van der Waals surface area contributed by atoms with Crippen LogP contribution in [0.1, 0.15) is 19.0 Å². The molecule has 2 aromatic rings. The first-order chi connectivity index (χ1) is 6.33. The zero-order chi connectivity index (χ0) is 9.26. The summed E-state index contributed by atoms with van der Waals surface area (Å²) in [4.78, 5) is 17.9. The fourth-order valence-corrected chi connectivity index (χ4v) is 1.35.